The predicted octanol–water partition coefficient (Wildman–Crippen LogP) is 2.87. The number of anilines is 1. The molecule has 0 spiro atoms. The highest BCUT2D eigenvalue weighted by molar-refractivity contribution is 7.20. The largest absolute Gasteiger partial charge is 0.352 e. The Bertz CT molecular complexity index is 1170. The first-order chi connectivity index (χ1) is 15.1. The maximum Gasteiger partial charge on any atom is 0.278 e. The lowest BCUT2D eigenvalue weighted by Crippen LogP contribution is -2.43. The topological polar surface area (TPSA) is 79.6 Å². The van der Waals surface area contributed by atoms with Crippen molar-refractivity contribution in [2.75, 3.05) is 18.0 Å². The van der Waals surface area contributed by atoms with Gasteiger partial charge in [0.2, 0.25) is 16.0 Å². The summed E-state index contributed by atoms with van der Waals surface area (Å²) in [6.07, 6.45) is 5.60. The van der Waals surface area contributed by atoms with Crippen molar-refractivity contribution in [3.05, 3.63) is 57.0 Å². The molecule has 2 aliphatic rings. The molecule has 3 heterocycles. The van der Waals surface area contributed by atoms with Crippen molar-refractivity contribution >= 4 is 27.3 Å². The number of aromatic nitrogens is 3. The number of carbonyl (C=O) groups excluding carboxylic acids is 1. The smallest absolute Gasteiger partial charge is 0.278 e. The average molecular weight is 438 g/mol. The lowest BCUT2D eigenvalue weighted by atomic mass is 9.97. The van der Waals surface area contributed by atoms with Crippen LogP contribution in [0.5, 0.6) is 0 Å². The van der Waals surface area contributed by atoms with Gasteiger partial charge >= 0.3 is 0 Å². The molecule has 1 atom stereocenters. The highest BCUT2D eigenvalue weighted by atomic mass is 32.1. The Labute approximate surface area is 185 Å². The molecule has 1 saturated heterocycles. The predicted molar refractivity (Wildman–Crippen MR) is 122 cm³/mol. The van der Waals surface area contributed by atoms with Crippen molar-refractivity contribution in [1.29, 1.82) is 0 Å². The van der Waals surface area contributed by atoms with Gasteiger partial charge in [-0.3, -0.25) is 9.59 Å². The molecule has 5 rings (SSSR count). The number of nitrogens with zero attached hydrogens (tertiary/aromatic N) is 4. The molecule has 3 aromatic rings. The van der Waals surface area contributed by atoms with Crippen molar-refractivity contribution in [1.82, 2.24) is 19.9 Å². The number of fused-ring (bicyclic) bond motifs is 2. The van der Waals surface area contributed by atoms with E-state index in [1.165, 1.54) is 21.4 Å². The molecule has 1 aliphatic heterocycles. The minimum atomic E-state index is -0.0795. The van der Waals surface area contributed by atoms with Crippen LogP contribution in [0.2, 0.25) is 0 Å². The summed E-state index contributed by atoms with van der Waals surface area (Å²) in [7, 11) is 0. The summed E-state index contributed by atoms with van der Waals surface area (Å²) in [4.78, 5) is 33.2. The molecule has 8 heteroatoms. The molecule has 7 nitrogen and oxygen atoms in total. The van der Waals surface area contributed by atoms with E-state index in [2.05, 4.69) is 34.4 Å². The summed E-state index contributed by atoms with van der Waals surface area (Å²) in [5, 5.41) is 8.46. The number of hydrogen-bond acceptors (Lipinski definition) is 6. The Hall–Kier alpha value is -2.74. The van der Waals surface area contributed by atoms with Crippen LogP contribution in [0.3, 0.4) is 0 Å². The van der Waals surface area contributed by atoms with Crippen molar-refractivity contribution < 1.29 is 4.79 Å². The Balaban J connectivity index is 1.30. The lowest BCUT2D eigenvalue weighted by Gasteiger charge is -2.31. The third-order valence-corrected chi connectivity index (χ3v) is 7.29. The standard InChI is InChI=1S/C23H27N5O2S/c1-15-8-10-16(11-9-15)13-24-20(29)17-5-4-12-27(14-17)23-26-28-21(30)18-6-2-3-7-19(18)25-22(28)31-23/h8-11,17H,2-7,12-14H2,1H3,(H,24,29)/t17-/m0/s1. The first-order valence-corrected chi connectivity index (χ1v) is 11.9. The first kappa shape index (κ1) is 20.2. The Kier molecular flexibility index (Phi) is 5.48. The van der Waals surface area contributed by atoms with E-state index in [-0.39, 0.29) is 17.4 Å². The van der Waals surface area contributed by atoms with Crippen molar-refractivity contribution in [3.63, 3.8) is 0 Å². The molecule has 1 aliphatic carbocycles. The quantitative estimate of drug-likeness (QED) is 0.679. The van der Waals surface area contributed by atoms with Crippen molar-refractivity contribution in [3.8, 4) is 0 Å². The zero-order valence-electron chi connectivity index (χ0n) is 17.8. The Morgan fingerprint density at radius 2 is 2.00 bits per heavy atom. The van der Waals surface area contributed by atoms with Crippen LogP contribution in [0.25, 0.3) is 4.96 Å². The molecule has 0 saturated carbocycles. The van der Waals surface area contributed by atoms with E-state index in [0.29, 0.717) is 18.1 Å². The van der Waals surface area contributed by atoms with Crippen LogP contribution in [0, 0.1) is 12.8 Å². The van der Waals surface area contributed by atoms with Crippen LogP contribution in [0.15, 0.2) is 29.1 Å². The molecule has 31 heavy (non-hydrogen) atoms. The van der Waals surface area contributed by atoms with Gasteiger partial charge < -0.3 is 10.2 Å². The summed E-state index contributed by atoms with van der Waals surface area (Å²) in [5.74, 6) is 0.00115. The number of benzene rings is 1. The zero-order chi connectivity index (χ0) is 21.4. The van der Waals surface area contributed by atoms with Gasteiger partial charge in [0.25, 0.3) is 5.56 Å². The van der Waals surface area contributed by atoms with Crippen molar-refractivity contribution in [2.45, 2.75) is 52.0 Å². The fourth-order valence-corrected chi connectivity index (χ4v) is 5.44. The second-order valence-corrected chi connectivity index (χ2v) is 9.55. The first-order valence-electron chi connectivity index (χ1n) is 11.1. The zero-order valence-corrected chi connectivity index (χ0v) is 18.6. The summed E-state index contributed by atoms with van der Waals surface area (Å²) in [5.41, 5.74) is 4.06. The van der Waals surface area contributed by atoms with E-state index >= 15 is 0 Å². The normalized spacial score (nSPS) is 18.7. The van der Waals surface area contributed by atoms with E-state index in [1.54, 1.807) is 0 Å². The minimum absolute atomic E-state index is 0.0217. The number of carbonyl (C=O) groups is 1. The molecule has 1 N–H and O–H groups in total. The Morgan fingerprint density at radius 1 is 1.19 bits per heavy atom. The van der Waals surface area contributed by atoms with Crippen LogP contribution < -0.4 is 15.8 Å². The lowest BCUT2D eigenvalue weighted by molar-refractivity contribution is -0.125. The molecular formula is C23H27N5O2S. The molecule has 1 fully saturated rings. The number of aryl methyl sites for hydroxylation is 2. The number of rotatable bonds is 4. The molecule has 162 valence electrons. The molecule has 0 bridgehead atoms. The van der Waals surface area contributed by atoms with Gasteiger partial charge in [-0.25, -0.2) is 4.98 Å². The highest BCUT2D eigenvalue weighted by Gasteiger charge is 2.28. The highest BCUT2D eigenvalue weighted by Crippen LogP contribution is 2.28. The van der Waals surface area contributed by atoms with E-state index in [4.69, 9.17) is 4.98 Å². The minimum Gasteiger partial charge on any atom is -0.352 e. The second-order valence-electron chi connectivity index (χ2n) is 8.62. The average Bonchev–Trinajstić information content (AvgIpc) is 3.23. The summed E-state index contributed by atoms with van der Waals surface area (Å²) >= 11 is 1.45. The summed E-state index contributed by atoms with van der Waals surface area (Å²) < 4.78 is 1.46. The number of hydrogen-bond donors (Lipinski definition) is 1. The van der Waals surface area contributed by atoms with Gasteiger partial charge in [0.1, 0.15) is 0 Å². The molecule has 1 amide bonds. The van der Waals surface area contributed by atoms with Gasteiger partial charge in [-0.1, -0.05) is 41.2 Å². The van der Waals surface area contributed by atoms with E-state index in [0.717, 1.165) is 67.0 Å². The van der Waals surface area contributed by atoms with Crippen LogP contribution in [-0.2, 0) is 24.2 Å². The van der Waals surface area contributed by atoms with Gasteiger partial charge in [0, 0.05) is 25.2 Å². The van der Waals surface area contributed by atoms with E-state index in [9.17, 15) is 9.59 Å². The van der Waals surface area contributed by atoms with Crippen LogP contribution in [0.4, 0.5) is 5.13 Å². The molecule has 0 unspecified atom stereocenters. The fourth-order valence-electron chi connectivity index (χ4n) is 4.49. The SMILES string of the molecule is Cc1ccc(CNC(=O)[C@H]2CCCN(c3nn4c(=O)c5c(nc4s3)CCCC5)C2)cc1. The summed E-state index contributed by atoms with van der Waals surface area (Å²) in [6, 6.07) is 8.22. The van der Waals surface area contributed by atoms with Crippen LogP contribution in [-0.4, -0.2) is 33.6 Å². The van der Waals surface area contributed by atoms with Gasteiger partial charge in [-0.15, -0.1) is 5.10 Å². The third kappa shape index (κ3) is 4.08. The molecule has 1 aromatic carbocycles. The van der Waals surface area contributed by atoms with Gasteiger partial charge in [-0.05, 0) is 51.0 Å². The maximum absolute atomic E-state index is 12.9. The van der Waals surface area contributed by atoms with Crippen molar-refractivity contribution in [2.24, 2.45) is 5.92 Å². The fraction of sp³-hybridized carbons (Fsp3) is 0.478. The Morgan fingerprint density at radius 3 is 2.84 bits per heavy atom. The number of amides is 1. The van der Waals surface area contributed by atoms with Crippen LogP contribution >= 0.6 is 11.3 Å². The second kappa shape index (κ2) is 8.42. The van der Waals surface area contributed by atoms with E-state index in [1.807, 2.05) is 12.1 Å². The van der Waals surface area contributed by atoms with Crippen LogP contribution in [0.1, 0.15) is 48.1 Å². The number of nitrogens with one attached hydrogen (secondary N) is 1. The number of piperidine rings is 1. The summed E-state index contributed by atoms with van der Waals surface area (Å²) in [6.45, 7) is 4.06. The van der Waals surface area contributed by atoms with E-state index < -0.39 is 0 Å². The third-order valence-electron chi connectivity index (χ3n) is 6.32. The van der Waals surface area contributed by atoms with Gasteiger partial charge in [-0.2, -0.15) is 4.52 Å². The maximum atomic E-state index is 12.9. The molecule has 0 radical (unpaired) electrons. The van der Waals surface area contributed by atoms with Gasteiger partial charge in [0.05, 0.1) is 11.6 Å². The molecule has 2 aromatic heterocycles. The molecular weight excluding hydrogens is 410 g/mol. The monoisotopic (exact) mass is 437 g/mol. The van der Waals surface area contributed by atoms with Gasteiger partial charge in [0.15, 0.2) is 0 Å².